The van der Waals surface area contributed by atoms with Crippen LogP contribution in [-0.4, -0.2) is 28.5 Å². The lowest BCUT2D eigenvalue weighted by Crippen LogP contribution is -2.16. The lowest BCUT2D eigenvalue weighted by molar-refractivity contribution is 0.0508. The fourth-order valence-corrected chi connectivity index (χ4v) is 3.76. The summed E-state index contributed by atoms with van der Waals surface area (Å²) in [4.78, 5) is 33.2. The van der Waals surface area contributed by atoms with Gasteiger partial charge in [-0.3, -0.25) is 9.78 Å². The Morgan fingerprint density at radius 2 is 2.00 bits per heavy atom. The molecule has 1 N–H and O–H groups in total. The molecule has 3 rings (SSSR count). The molecule has 2 heterocycles. The number of hydrogen-bond donors (Lipinski definition) is 1. The Labute approximate surface area is 167 Å². The molecule has 1 amide bonds. The Balaban J connectivity index is 2.01. The number of ether oxygens (including phenoxy) is 1. The highest BCUT2D eigenvalue weighted by Crippen LogP contribution is 2.38. The largest absolute Gasteiger partial charge is 0.462 e. The molecule has 28 heavy (non-hydrogen) atoms. The normalized spacial score (nSPS) is 10.5. The van der Waals surface area contributed by atoms with Crippen LogP contribution in [0.4, 0.5) is 5.00 Å². The molecule has 0 saturated heterocycles. The number of aryl methyl sites for hydroxylation is 2. The summed E-state index contributed by atoms with van der Waals surface area (Å²) < 4.78 is 5.38. The van der Waals surface area contributed by atoms with Gasteiger partial charge in [-0.25, -0.2) is 9.78 Å². The van der Waals surface area contributed by atoms with E-state index in [0.717, 1.165) is 28.7 Å². The molecule has 7 heteroatoms. The molecule has 2 aromatic heterocycles. The molecule has 1 aromatic carbocycles. The first-order chi connectivity index (χ1) is 13.5. The zero-order valence-electron chi connectivity index (χ0n) is 16.0. The summed E-state index contributed by atoms with van der Waals surface area (Å²) >= 11 is 1.29. The van der Waals surface area contributed by atoms with Crippen LogP contribution < -0.4 is 5.32 Å². The van der Waals surface area contributed by atoms with Crippen LogP contribution in [-0.2, 0) is 4.74 Å². The van der Waals surface area contributed by atoms with Crippen LogP contribution >= 0.6 is 11.3 Å². The summed E-state index contributed by atoms with van der Waals surface area (Å²) in [6.45, 7) is 6.27. The van der Waals surface area contributed by atoms with E-state index in [9.17, 15) is 9.59 Å². The molecule has 0 fully saturated rings. The van der Waals surface area contributed by atoms with Crippen molar-refractivity contribution in [3.8, 4) is 11.1 Å². The average molecular weight is 395 g/mol. The Kier molecular flexibility index (Phi) is 6.16. The van der Waals surface area contributed by atoms with E-state index in [1.54, 1.807) is 0 Å². The van der Waals surface area contributed by atoms with Gasteiger partial charge >= 0.3 is 5.97 Å². The van der Waals surface area contributed by atoms with Gasteiger partial charge in [0.25, 0.3) is 5.91 Å². The number of nitrogens with one attached hydrogen (secondary N) is 1. The standard InChI is InChI=1S/C21H21N3O3S/c1-4-9-27-21(26)18-16(15-6-5-13(2)10-14(15)3)12-28-20(18)24-19(25)17-11-22-7-8-23-17/h5-8,10-12H,4,9H2,1-3H3,(H,24,25). The first kappa shape index (κ1) is 19.7. The van der Waals surface area contributed by atoms with Gasteiger partial charge in [0.2, 0.25) is 0 Å². The van der Waals surface area contributed by atoms with Crippen molar-refractivity contribution in [2.75, 3.05) is 11.9 Å². The van der Waals surface area contributed by atoms with E-state index < -0.39 is 11.9 Å². The number of nitrogens with zero attached hydrogens (tertiary/aromatic N) is 2. The van der Waals surface area contributed by atoms with E-state index in [4.69, 9.17) is 4.74 Å². The third-order valence-corrected chi connectivity index (χ3v) is 5.02. The number of amides is 1. The third-order valence-electron chi connectivity index (χ3n) is 4.13. The maximum Gasteiger partial charge on any atom is 0.341 e. The van der Waals surface area contributed by atoms with Gasteiger partial charge in [0.1, 0.15) is 16.3 Å². The maximum absolute atomic E-state index is 12.8. The highest BCUT2D eigenvalue weighted by molar-refractivity contribution is 7.15. The average Bonchev–Trinajstić information content (AvgIpc) is 3.10. The molecule has 0 atom stereocenters. The summed E-state index contributed by atoms with van der Waals surface area (Å²) in [6, 6.07) is 6.04. The topological polar surface area (TPSA) is 81.2 Å². The monoisotopic (exact) mass is 395 g/mol. The van der Waals surface area contributed by atoms with Crippen molar-refractivity contribution in [3.05, 3.63) is 64.6 Å². The lowest BCUT2D eigenvalue weighted by Gasteiger charge is -2.11. The first-order valence-corrected chi connectivity index (χ1v) is 9.82. The molecule has 0 aliphatic carbocycles. The van der Waals surface area contributed by atoms with E-state index >= 15 is 0 Å². The van der Waals surface area contributed by atoms with E-state index in [2.05, 4.69) is 21.4 Å². The molecule has 0 aliphatic heterocycles. The van der Waals surface area contributed by atoms with Gasteiger partial charge in [-0.1, -0.05) is 30.7 Å². The van der Waals surface area contributed by atoms with E-state index in [1.165, 1.54) is 29.9 Å². The van der Waals surface area contributed by atoms with E-state index in [0.29, 0.717) is 17.2 Å². The summed E-state index contributed by atoms with van der Waals surface area (Å²) in [6.07, 6.45) is 5.04. The van der Waals surface area contributed by atoms with Gasteiger partial charge in [0.05, 0.1) is 12.8 Å². The number of thiophene rings is 1. The first-order valence-electron chi connectivity index (χ1n) is 8.94. The highest BCUT2D eigenvalue weighted by Gasteiger charge is 2.24. The summed E-state index contributed by atoms with van der Waals surface area (Å²) in [5.74, 6) is -0.876. The number of carbonyl (C=O) groups excluding carboxylic acids is 2. The fraction of sp³-hybridized carbons (Fsp3) is 0.238. The second-order valence-electron chi connectivity index (χ2n) is 6.35. The zero-order valence-corrected chi connectivity index (χ0v) is 16.8. The Morgan fingerprint density at radius 3 is 2.68 bits per heavy atom. The smallest absolute Gasteiger partial charge is 0.341 e. The maximum atomic E-state index is 12.8. The van der Waals surface area contributed by atoms with Crippen LogP contribution in [0.5, 0.6) is 0 Å². The van der Waals surface area contributed by atoms with Crippen LogP contribution in [0.15, 0.2) is 42.2 Å². The Hall–Kier alpha value is -3.06. The number of aromatic nitrogens is 2. The number of anilines is 1. The van der Waals surface area contributed by atoms with Gasteiger partial charge in [-0.15, -0.1) is 11.3 Å². The number of rotatable bonds is 6. The van der Waals surface area contributed by atoms with Gasteiger partial charge in [-0.2, -0.15) is 0 Å². The van der Waals surface area contributed by atoms with Crippen LogP contribution in [0.3, 0.4) is 0 Å². The molecule has 0 unspecified atom stereocenters. The number of hydrogen-bond acceptors (Lipinski definition) is 6. The minimum Gasteiger partial charge on any atom is -0.462 e. The molecule has 6 nitrogen and oxygen atoms in total. The number of esters is 1. The molecule has 3 aromatic rings. The van der Waals surface area contributed by atoms with Crippen molar-refractivity contribution in [2.24, 2.45) is 0 Å². The van der Waals surface area contributed by atoms with Crippen LogP contribution in [0.2, 0.25) is 0 Å². The van der Waals surface area contributed by atoms with Crippen molar-refractivity contribution in [2.45, 2.75) is 27.2 Å². The molecule has 0 saturated carbocycles. The predicted octanol–water partition coefficient (Wildman–Crippen LogP) is 4.64. The third kappa shape index (κ3) is 4.26. The summed E-state index contributed by atoms with van der Waals surface area (Å²) in [7, 11) is 0. The molecule has 0 bridgehead atoms. The van der Waals surface area contributed by atoms with Crippen molar-refractivity contribution < 1.29 is 14.3 Å². The Bertz CT molecular complexity index is 999. The van der Waals surface area contributed by atoms with Crippen LogP contribution in [0.25, 0.3) is 11.1 Å². The summed E-state index contributed by atoms with van der Waals surface area (Å²) in [5.41, 5.74) is 4.42. The fourth-order valence-electron chi connectivity index (χ4n) is 2.82. The summed E-state index contributed by atoms with van der Waals surface area (Å²) in [5, 5.41) is 5.09. The SMILES string of the molecule is CCCOC(=O)c1c(-c2ccc(C)cc2C)csc1NC(=O)c1cnccn1. The quantitative estimate of drug-likeness (QED) is 0.615. The number of benzene rings is 1. The minimum absolute atomic E-state index is 0.178. The minimum atomic E-state index is -0.451. The molecule has 0 aliphatic rings. The highest BCUT2D eigenvalue weighted by atomic mass is 32.1. The van der Waals surface area contributed by atoms with Crippen molar-refractivity contribution in [1.82, 2.24) is 9.97 Å². The number of carbonyl (C=O) groups is 2. The van der Waals surface area contributed by atoms with Gasteiger partial charge < -0.3 is 10.1 Å². The molecular formula is C21H21N3O3S. The zero-order chi connectivity index (χ0) is 20.1. The molecule has 0 spiro atoms. The van der Waals surface area contributed by atoms with Crippen LogP contribution in [0.1, 0.15) is 45.3 Å². The lowest BCUT2D eigenvalue weighted by atomic mass is 9.97. The molecule has 144 valence electrons. The van der Waals surface area contributed by atoms with Gasteiger partial charge in [0.15, 0.2) is 0 Å². The van der Waals surface area contributed by atoms with Crippen molar-refractivity contribution in [1.29, 1.82) is 0 Å². The van der Waals surface area contributed by atoms with E-state index in [-0.39, 0.29) is 5.69 Å². The second kappa shape index (κ2) is 8.75. The van der Waals surface area contributed by atoms with Gasteiger partial charge in [0, 0.05) is 23.3 Å². The second-order valence-corrected chi connectivity index (χ2v) is 7.23. The van der Waals surface area contributed by atoms with Crippen LogP contribution in [0, 0.1) is 13.8 Å². The molecule has 0 radical (unpaired) electrons. The Morgan fingerprint density at radius 1 is 1.18 bits per heavy atom. The molecular weight excluding hydrogens is 374 g/mol. The van der Waals surface area contributed by atoms with Crippen molar-refractivity contribution in [3.63, 3.8) is 0 Å². The predicted molar refractivity (Wildman–Crippen MR) is 110 cm³/mol. The van der Waals surface area contributed by atoms with Gasteiger partial charge in [-0.05, 0) is 31.4 Å². The van der Waals surface area contributed by atoms with E-state index in [1.807, 2.05) is 38.3 Å². The van der Waals surface area contributed by atoms with Crippen molar-refractivity contribution >= 4 is 28.2 Å².